The zero-order chi connectivity index (χ0) is 19.4. The Labute approximate surface area is 176 Å². The van der Waals surface area contributed by atoms with Crippen molar-refractivity contribution in [3.8, 4) is 0 Å². The zero-order valence-corrected chi connectivity index (χ0v) is 18.5. The van der Waals surface area contributed by atoms with E-state index < -0.39 is 0 Å². The molecule has 3 fully saturated rings. The summed E-state index contributed by atoms with van der Waals surface area (Å²) in [6.07, 6.45) is 13.6. The molecule has 3 saturated carbocycles. The molecule has 4 aliphatic carbocycles. The van der Waals surface area contributed by atoms with Gasteiger partial charge in [0.15, 0.2) is 0 Å². The van der Waals surface area contributed by atoms with Gasteiger partial charge in [-0.15, -0.1) is 0 Å². The third-order valence-electron chi connectivity index (χ3n) is 9.34. The molecule has 28 heavy (non-hydrogen) atoms. The largest absolute Gasteiger partial charge is 0.373 e. The number of thiol groups is 1. The second-order valence-corrected chi connectivity index (χ2v) is 11.2. The second-order valence-electron chi connectivity index (χ2n) is 10.6. The summed E-state index contributed by atoms with van der Waals surface area (Å²) in [6, 6.07) is 10.6. The molecule has 0 radical (unpaired) electrons. The highest BCUT2D eigenvalue weighted by atomic mass is 32.1. The quantitative estimate of drug-likeness (QED) is 0.435. The SMILES string of the molecule is C[C@]12CC[C@H]3[C@@H](CC=C4C[C@@H](OCc5ccccc5)CC[C@@]43C)[C@@H]1CC[C@@H]2S. The first-order valence-electron chi connectivity index (χ1n) is 11.5. The average Bonchev–Trinajstić information content (AvgIpc) is 3.02. The molecule has 1 aromatic carbocycles. The topological polar surface area (TPSA) is 9.23 Å². The third kappa shape index (κ3) is 3.01. The van der Waals surface area contributed by atoms with Gasteiger partial charge in [0.2, 0.25) is 0 Å². The van der Waals surface area contributed by atoms with Gasteiger partial charge in [-0.3, -0.25) is 0 Å². The van der Waals surface area contributed by atoms with E-state index in [-0.39, 0.29) is 0 Å². The van der Waals surface area contributed by atoms with Crippen molar-refractivity contribution in [1.29, 1.82) is 0 Å². The summed E-state index contributed by atoms with van der Waals surface area (Å²) in [5.74, 6) is 2.68. The van der Waals surface area contributed by atoms with Gasteiger partial charge in [0, 0.05) is 5.25 Å². The minimum Gasteiger partial charge on any atom is -0.373 e. The minimum atomic E-state index is 0.401. The van der Waals surface area contributed by atoms with E-state index in [1.807, 2.05) is 0 Å². The van der Waals surface area contributed by atoms with Crippen molar-refractivity contribution in [1.82, 2.24) is 0 Å². The number of hydrogen-bond donors (Lipinski definition) is 1. The van der Waals surface area contributed by atoms with Crippen molar-refractivity contribution in [2.24, 2.45) is 28.6 Å². The fraction of sp³-hybridized carbons (Fsp3) is 0.692. The van der Waals surface area contributed by atoms with E-state index in [2.05, 4.69) is 50.3 Å². The maximum atomic E-state index is 6.35. The van der Waals surface area contributed by atoms with Gasteiger partial charge in [0.1, 0.15) is 0 Å². The molecule has 5 rings (SSSR count). The van der Waals surface area contributed by atoms with Crippen LogP contribution in [0.15, 0.2) is 42.0 Å². The van der Waals surface area contributed by atoms with Crippen LogP contribution in [0.25, 0.3) is 0 Å². The molecule has 2 heteroatoms. The Bertz CT molecular complexity index is 742. The van der Waals surface area contributed by atoms with Crippen LogP contribution in [-0.4, -0.2) is 11.4 Å². The average molecular weight is 397 g/mol. The molecule has 0 unspecified atom stereocenters. The highest BCUT2D eigenvalue weighted by Crippen LogP contribution is 2.65. The third-order valence-corrected chi connectivity index (χ3v) is 10.2. The fourth-order valence-corrected chi connectivity index (χ4v) is 8.00. The number of ether oxygens (including phenoxy) is 1. The van der Waals surface area contributed by atoms with E-state index in [0.29, 0.717) is 22.2 Å². The molecule has 4 aliphatic rings. The summed E-state index contributed by atoms with van der Waals surface area (Å²) in [5, 5.41) is 0.624. The Kier molecular flexibility index (Phi) is 4.95. The van der Waals surface area contributed by atoms with Crippen LogP contribution in [0.1, 0.15) is 70.8 Å². The van der Waals surface area contributed by atoms with E-state index in [4.69, 9.17) is 17.4 Å². The molecule has 0 amide bonds. The van der Waals surface area contributed by atoms with Crippen molar-refractivity contribution >= 4 is 12.6 Å². The van der Waals surface area contributed by atoms with Crippen LogP contribution in [0.3, 0.4) is 0 Å². The smallest absolute Gasteiger partial charge is 0.0720 e. The Hall–Kier alpha value is -0.730. The highest BCUT2D eigenvalue weighted by Gasteiger charge is 2.57. The minimum absolute atomic E-state index is 0.401. The van der Waals surface area contributed by atoms with Crippen LogP contribution in [0.5, 0.6) is 0 Å². The number of rotatable bonds is 3. The van der Waals surface area contributed by atoms with Gasteiger partial charge >= 0.3 is 0 Å². The molecule has 0 aliphatic heterocycles. The Morgan fingerprint density at radius 1 is 1.00 bits per heavy atom. The summed E-state index contributed by atoms with van der Waals surface area (Å²) in [5.41, 5.74) is 3.93. The standard InChI is InChI=1S/C26H36OS/c1-25-14-12-20(27-17-18-6-4-3-5-7-18)16-19(25)8-9-21-22-10-11-24(28)26(22,2)15-13-23(21)25/h3-8,20-24,28H,9-17H2,1-2H3/t20-,21-,22-,23-,24-,25-,26-/m0/s1. The highest BCUT2D eigenvalue weighted by molar-refractivity contribution is 7.81. The molecule has 0 N–H and O–H groups in total. The zero-order valence-electron chi connectivity index (χ0n) is 17.6. The Balaban J connectivity index is 1.30. The Morgan fingerprint density at radius 2 is 1.82 bits per heavy atom. The molecule has 0 heterocycles. The van der Waals surface area contributed by atoms with Crippen LogP contribution in [0.4, 0.5) is 0 Å². The first-order chi connectivity index (χ1) is 13.5. The van der Waals surface area contributed by atoms with Crippen LogP contribution >= 0.6 is 12.6 Å². The molecular weight excluding hydrogens is 360 g/mol. The lowest BCUT2D eigenvalue weighted by molar-refractivity contribution is -0.0491. The van der Waals surface area contributed by atoms with Gasteiger partial charge in [-0.05, 0) is 85.5 Å². The summed E-state index contributed by atoms with van der Waals surface area (Å²) in [7, 11) is 0. The van der Waals surface area contributed by atoms with Gasteiger partial charge in [-0.1, -0.05) is 55.8 Å². The van der Waals surface area contributed by atoms with Crippen LogP contribution in [0.2, 0.25) is 0 Å². The molecule has 1 nitrogen and oxygen atoms in total. The number of allylic oxidation sites excluding steroid dienone is 1. The van der Waals surface area contributed by atoms with Gasteiger partial charge in [0.05, 0.1) is 12.7 Å². The van der Waals surface area contributed by atoms with Crippen molar-refractivity contribution in [2.45, 2.75) is 83.2 Å². The van der Waals surface area contributed by atoms with Crippen molar-refractivity contribution in [3.05, 3.63) is 47.5 Å². The summed E-state index contributed by atoms with van der Waals surface area (Å²) in [4.78, 5) is 0. The van der Waals surface area contributed by atoms with Crippen LogP contribution in [-0.2, 0) is 11.3 Å². The van der Waals surface area contributed by atoms with Crippen molar-refractivity contribution in [3.63, 3.8) is 0 Å². The fourth-order valence-electron chi connectivity index (χ4n) is 7.53. The summed E-state index contributed by atoms with van der Waals surface area (Å²) < 4.78 is 6.35. The van der Waals surface area contributed by atoms with E-state index in [1.54, 1.807) is 5.57 Å². The lowest BCUT2D eigenvalue weighted by Crippen LogP contribution is -2.50. The van der Waals surface area contributed by atoms with E-state index in [9.17, 15) is 0 Å². The predicted octanol–water partition coefficient (Wildman–Crippen LogP) is 6.83. The van der Waals surface area contributed by atoms with Crippen LogP contribution < -0.4 is 0 Å². The van der Waals surface area contributed by atoms with Crippen molar-refractivity contribution in [2.75, 3.05) is 0 Å². The maximum absolute atomic E-state index is 6.35. The van der Waals surface area contributed by atoms with Crippen LogP contribution in [0, 0.1) is 28.6 Å². The summed E-state index contributed by atoms with van der Waals surface area (Å²) >= 11 is 5.00. The Morgan fingerprint density at radius 3 is 2.64 bits per heavy atom. The van der Waals surface area contributed by atoms with E-state index >= 15 is 0 Å². The number of benzene rings is 1. The van der Waals surface area contributed by atoms with Gasteiger partial charge in [-0.2, -0.15) is 12.6 Å². The molecule has 1 aromatic rings. The number of fused-ring (bicyclic) bond motifs is 5. The molecule has 152 valence electrons. The van der Waals surface area contributed by atoms with Gasteiger partial charge < -0.3 is 4.74 Å². The lowest BCUT2D eigenvalue weighted by Gasteiger charge is -2.58. The van der Waals surface area contributed by atoms with Crippen molar-refractivity contribution < 1.29 is 4.74 Å². The normalized spacial score (nSPS) is 45.0. The molecule has 0 bridgehead atoms. The predicted molar refractivity (Wildman–Crippen MR) is 119 cm³/mol. The molecular formula is C26H36OS. The maximum Gasteiger partial charge on any atom is 0.0720 e. The number of hydrogen-bond acceptors (Lipinski definition) is 2. The first-order valence-corrected chi connectivity index (χ1v) is 12.1. The molecule has 0 saturated heterocycles. The van der Waals surface area contributed by atoms with Gasteiger partial charge in [-0.25, -0.2) is 0 Å². The first kappa shape index (κ1) is 19.2. The van der Waals surface area contributed by atoms with E-state index in [1.165, 1.54) is 50.5 Å². The molecule has 7 atom stereocenters. The molecule has 0 spiro atoms. The molecule has 0 aromatic heterocycles. The second kappa shape index (κ2) is 7.20. The van der Waals surface area contributed by atoms with E-state index in [0.717, 1.165) is 30.8 Å². The van der Waals surface area contributed by atoms with Gasteiger partial charge in [0.25, 0.3) is 0 Å². The monoisotopic (exact) mass is 396 g/mol. The summed E-state index contributed by atoms with van der Waals surface area (Å²) in [6.45, 7) is 5.90. The lowest BCUT2D eigenvalue weighted by atomic mass is 9.48.